The predicted octanol–water partition coefficient (Wildman–Crippen LogP) is 6.10. The Hall–Kier alpha value is -0.990. The zero-order chi connectivity index (χ0) is 21.9. The summed E-state index contributed by atoms with van der Waals surface area (Å²) in [5.74, 6) is -0.843. The molecule has 0 spiro atoms. The molecule has 2 N–H and O–H groups in total. The van der Waals surface area contributed by atoms with E-state index in [-0.39, 0.29) is 6.61 Å². The molecule has 1 amide bonds. The van der Waals surface area contributed by atoms with Gasteiger partial charge in [0.1, 0.15) is 11.2 Å². The van der Waals surface area contributed by atoms with Gasteiger partial charge in [-0.25, -0.2) is 4.79 Å². The Bertz CT molecular complexity index is 946. The molecule has 0 fully saturated rings. The van der Waals surface area contributed by atoms with Gasteiger partial charge in [0.15, 0.2) is 0 Å². The molecule has 1 atom stereocenters. The maximum absolute atomic E-state index is 12.8. The first-order valence-corrected chi connectivity index (χ1v) is 12.2. The molecule has 5 nitrogen and oxygen atoms in total. The Morgan fingerprint density at radius 2 is 1.93 bits per heavy atom. The molecule has 162 valence electrons. The third-order valence-corrected chi connectivity index (χ3v) is 7.22. The fraction of sp³-hybridized carbons (Fsp3) is 0.400. The summed E-state index contributed by atoms with van der Waals surface area (Å²) in [4.78, 5) is 26.6. The highest BCUT2D eigenvalue weighted by atomic mass is 79.9. The minimum absolute atomic E-state index is 0.259. The van der Waals surface area contributed by atoms with E-state index < -0.39 is 21.8 Å². The van der Waals surface area contributed by atoms with Gasteiger partial charge in [0, 0.05) is 9.35 Å². The number of hydrogen-bond donors (Lipinski definition) is 2. The molecule has 1 aromatic heterocycles. The Balaban J connectivity index is 1.92. The van der Waals surface area contributed by atoms with Crippen molar-refractivity contribution in [2.24, 2.45) is 0 Å². The lowest BCUT2D eigenvalue weighted by molar-refractivity contribution is 0.0526. The number of rotatable bonds is 6. The second kappa shape index (κ2) is 10.1. The molecule has 2 aromatic rings. The van der Waals surface area contributed by atoms with Crippen molar-refractivity contribution < 1.29 is 14.3 Å². The number of carbonyl (C=O) groups excluding carboxylic acids is 2. The fourth-order valence-corrected chi connectivity index (χ4v) is 5.37. The highest BCUT2D eigenvalue weighted by molar-refractivity contribution is 9.10. The Labute approximate surface area is 202 Å². The summed E-state index contributed by atoms with van der Waals surface area (Å²) in [5, 5.41) is 6.33. The Morgan fingerprint density at radius 1 is 1.23 bits per heavy atom. The van der Waals surface area contributed by atoms with E-state index in [9.17, 15) is 9.59 Å². The van der Waals surface area contributed by atoms with E-state index in [4.69, 9.17) is 39.5 Å². The van der Waals surface area contributed by atoms with Crippen molar-refractivity contribution in [3.8, 4) is 0 Å². The van der Waals surface area contributed by atoms with Crippen LogP contribution in [-0.2, 0) is 17.6 Å². The van der Waals surface area contributed by atoms with Crippen LogP contribution in [0.4, 0.5) is 5.00 Å². The van der Waals surface area contributed by atoms with Crippen LogP contribution in [0.15, 0.2) is 28.7 Å². The molecular formula is C20H20BrCl3N2O3S. The van der Waals surface area contributed by atoms with Crippen molar-refractivity contribution in [2.45, 2.75) is 42.6 Å². The highest BCUT2D eigenvalue weighted by Gasteiger charge is 2.37. The molecule has 1 heterocycles. The van der Waals surface area contributed by atoms with Crippen LogP contribution in [0.5, 0.6) is 0 Å². The van der Waals surface area contributed by atoms with Crippen LogP contribution >= 0.6 is 62.1 Å². The number of alkyl halides is 3. The molecule has 1 unspecified atom stereocenters. The summed E-state index contributed by atoms with van der Waals surface area (Å²) in [6.07, 6.45) is 2.67. The number of thiophene rings is 1. The smallest absolute Gasteiger partial charge is 0.341 e. The van der Waals surface area contributed by atoms with Crippen molar-refractivity contribution in [3.05, 3.63) is 50.3 Å². The van der Waals surface area contributed by atoms with Crippen molar-refractivity contribution in [2.75, 3.05) is 11.9 Å². The predicted molar refractivity (Wildman–Crippen MR) is 126 cm³/mol. The van der Waals surface area contributed by atoms with Gasteiger partial charge in [-0.2, -0.15) is 0 Å². The number of benzene rings is 1. The highest BCUT2D eigenvalue weighted by Crippen LogP contribution is 2.41. The first kappa shape index (κ1) is 23.7. The lowest BCUT2D eigenvalue weighted by atomic mass is 9.95. The van der Waals surface area contributed by atoms with Crippen LogP contribution in [0, 0.1) is 0 Å². The molecule has 1 aliphatic rings. The molecule has 1 aromatic carbocycles. The largest absolute Gasteiger partial charge is 0.462 e. The molecular weight excluding hydrogens is 535 g/mol. The number of carbonyl (C=O) groups is 2. The summed E-state index contributed by atoms with van der Waals surface area (Å²) in [7, 11) is 0. The zero-order valence-electron chi connectivity index (χ0n) is 16.1. The molecule has 0 bridgehead atoms. The van der Waals surface area contributed by atoms with Crippen LogP contribution in [0.3, 0.4) is 0 Å². The zero-order valence-corrected chi connectivity index (χ0v) is 20.7. The summed E-state index contributed by atoms with van der Waals surface area (Å²) < 4.78 is 4.01. The van der Waals surface area contributed by atoms with E-state index in [1.165, 1.54) is 11.3 Å². The number of fused-ring (bicyclic) bond motifs is 1. The fourth-order valence-electron chi connectivity index (χ4n) is 3.27. The maximum atomic E-state index is 12.8. The monoisotopic (exact) mass is 552 g/mol. The average Bonchev–Trinajstić information content (AvgIpc) is 3.05. The molecule has 0 saturated heterocycles. The van der Waals surface area contributed by atoms with E-state index >= 15 is 0 Å². The molecule has 0 radical (unpaired) electrons. The standard InChI is InChI=1S/C20H20BrCl3N2O3S/c1-2-29-18(28)15-12-8-4-6-10-14(12)30-17(15)26-19(20(22,23)24)25-16(27)11-7-3-5-9-13(11)21/h3,5,7,9,19,26H,2,4,6,8,10H2,1H3,(H,25,27). The average molecular weight is 555 g/mol. The minimum atomic E-state index is -1.87. The summed E-state index contributed by atoms with van der Waals surface area (Å²) in [5.41, 5.74) is 1.84. The number of halogens is 4. The van der Waals surface area contributed by atoms with Crippen LogP contribution in [0.2, 0.25) is 0 Å². The first-order chi connectivity index (χ1) is 14.2. The van der Waals surface area contributed by atoms with Crippen LogP contribution < -0.4 is 10.6 Å². The van der Waals surface area contributed by atoms with Gasteiger partial charge < -0.3 is 15.4 Å². The van der Waals surface area contributed by atoms with Gasteiger partial charge >= 0.3 is 5.97 Å². The van der Waals surface area contributed by atoms with Gasteiger partial charge in [0.2, 0.25) is 3.79 Å². The number of hydrogen-bond acceptors (Lipinski definition) is 5. The Kier molecular flexibility index (Phi) is 7.96. The van der Waals surface area contributed by atoms with Crippen LogP contribution in [0.1, 0.15) is 50.9 Å². The van der Waals surface area contributed by atoms with Gasteiger partial charge in [-0.3, -0.25) is 4.79 Å². The molecule has 0 aliphatic heterocycles. The first-order valence-electron chi connectivity index (χ1n) is 9.42. The normalized spacial score (nSPS) is 14.6. The van der Waals surface area contributed by atoms with Gasteiger partial charge in [-0.15, -0.1) is 11.3 Å². The Morgan fingerprint density at radius 3 is 2.60 bits per heavy atom. The summed E-state index contributed by atoms with van der Waals surface area (Å²) in [6.45, 7) is 2.02. The number of amides is 1. The number of aryl methyl sites for hydroxylation is 1. The van der Waals surface area contributed by atoms with E-state index in [0.29, 0.717) is 20.6 Å². The number of esters is 1. The van der Waals surface area contributed by atoms with Crippen molar-refractivity contribution in [1.82, 2.24) is 5.32 Å². The quantitative estimate of drug-likeness (QED) is 0.257. The van der Waals surface area contributed by atoms with E-state index in [2.05, 4.69) is 26.6 Å². The molecule has 0 saturated carbocycles. The van der Waals surface area contributed by atoms with Gasteiger partial charge in [-0.1, -0.05) is 46.9 Å². The van der Waals surface area contributed by atoms with Gasteiger partial charge in [0.05, 0.1) is 17.7 Å². The number of nitrogens with one attached hydrogen (secondary N) is 2. The van der Waals surface area contributed by atoms with E-state index in [0.717, 1.165) is 36.1 Å². The summed E-state index contributed by atoms with van der Waals surface area (Å²) in [6, 6.07) is 6.94. The van der Waals surface area contributed by atoms with Gasteiger partial charge in [0.25, 0.3) is 5.91 Å². The minimum Gasteiger partial charge on any atom is -0.462 e. The maximum Gasteiger partial charge on any atom is 0.341 e. The molecule has 30 heavy (non-hydrogen) atoms. The van der Waals surface area contributed by atoms with Crippen molar-refractivity contribution in [1.29, 1.82) is 0 Å². The lowest BCUT2D eigenvalue weighted by Crippen LogP contribution is -2.49. The van der Waals surface area contributed by atoms with Crippen LogP contribution in [0.25, 0.3) is 0 Å². The third kappa shape index (κ3) is 5.43. The number of anilines is 1. The topological polar surface area (TPSA) is 67.4 Å². The third-order valence-electron chi connectivity index (χ3n) is 4.65. The van der Waals surface area contributed by atoms with Gasteiger partial charge in [-0.05, 0) is 66.2 Å². The lowest BCUT2D eigenvalue weighted by Gasteiger charge is -2.27. The van der Waals surface area contributed by atoms with E-state index in [1.807, 2.05) is 0 Å². The van der Waals surface area contributed by atoms with E-state index in [1.54, 1.807) is 31.2 Å². The summed E-state index contributed by atoms with van der Waals surface area (Å²) >= 11 is 23.3. The molecule has 10 heteroatoms. The van der Waals surface area contributed by atoms with Crippen molar-refractivity contribution in [3.63, 3.8) is 0 Å². The molecule has 3 rings (SSSR count). The second-order valence-electron chi connectivity index (χ2n) is 6.71. The SMILES string of the molecule is CCOC(=O)c1c(NC(NC(=O)c2ccccc2Br)C(Cl)(Cl)Cl)sc2c1CCCC2. The molecule has 1 aliphatic carbocycles. The number of ether oxygens (including phenoxy) is 1. The van der Waals surface area contributed by atoms with Crippen molar-refractivity contribution >= 4 is 78.9 Å². The second-order valence-corrected chi connectivity index (χ2v) is 11.0. The van der Waals surface area contributed by atoms with Crippen LogP contribution in [-0.4, -0.2) is 28.4 Å².